The number of para-hydroxylation sites is 1. The highest BCUT2D eigenvalue weighted by molar-refractivity contribution is 7.27. The minimum Gasteiger partial charge on any atom is -0.277 e. The summed E-state index contributed by atoms with van der Waals surface area (Å²) in [5.41, 5.74) is 7.12. The maximum atomic E-state index is 5.36. The minimum atomic E-state index is 0.616. The molecule has 0 fully saturated rings. The maximum Gasteiger partial charge on any atom is 0.237 e. The van der Waals surface area contributed by atoms with Crippen molar-refractivity contribution in [1.82, 2.24) is 19.5 Å². The van der Waals surface area contributed by atoms with Crippen LogP contribution >= 0.6 is 11.3 Å². The number of rotatable bonds is 3. The first kappa shape index (κ1) is 25.4. The highest BCUT2D eigenvalue weighted by Gasteiger charge is 2.23. The van der Waals surface area contributed by atoms with E-state index >= 15 is 0 Å². The van der Waals surface area contributed by atoms with Gasteiger partial charge in [0.15, 0.2) is 5.65 Å². The van der Waals surface area contributed by atoms with Gasteiger partial charge >= 0.3 is 0 Å². The Bertz CT molecular complexity index is 2790. The van der Waals surface area contributed by atoms with Crippen molar-refractivity contribution in [3.8, 4) is 28.3 Å². The number of benzene rings is 6. The molecule has 10 rings (SSSR count). The number of fused-ring (bicyclic) bond motifs is 11. The van der Waals surface area contributed by atoms with Gasteiger partial charge in [0.05, 0.1) is 16.7 Å². The van der Waals surface area contributed by atoms with Crippen molar-refractivity contribution < 1.29 is 0 Å². The fourth-order valence-electron chi connectivity index (χ4n) is 7.05. The lowest BCUT2D eigenvalue weighted by atomic mass is 10.00. The molecule has 4 nitrogen and oxygen atoms in total. The Morgan fingerprint density at radius 1 is 0.478 bits per heavy atom. The van der Waals surface area contributed by atoms with E-state index in [1.54, 1.807) is 0 Å². The lowest BCUT2D eigenvalue weighted by Gasteiger charge is -2.13. The summed E-state index contributed by atoms with van der Waals surface area (Å²) in [6.45, 7) is 0. The molecule has 0 aliphatic rings. The van der Waals surface area contributed by atoms with E-state index in [4.69, 9.17) is 15.0 Å². The fourth-order valence-corrected chi connectivity index (χ4v) is 8.33. The zero-order valence-electron chi connectivity index (χ0n) is 24.6. The Morgan fingerprint density at radius 3 is 1.98 bits per heavy atom. The van der Waals surface area contributed by atoms with Gasteiger partial charge in [0.2, 0.25) is 5.95 Å². The molecule has 4 heterocycles. The molecule has 0 aliphatic heterocycles. The quantitative estimate of drug-likeness (QED) is 0.201. The summed E-state index contributed by atoms with van der Waals surface area (Å²) in [5, 5.41) is 8.39. The van der Waals surface area contributed by atoms with Gasteiger partial charge in [-0.25, -0.2) is 9.97 Å². The third kappa shape index (κ3) is 3.63. The molecule has 0 amide bonds. The topological polar surface area (TPSA) is 43.6 Å². The van der Waals surface area contributed by atoms with Gasteiger partial charge in [-0.15, -0.1) is 11.3 Å². The van der Waals surface area contributed by atoms with Crippen molar-refractivity contribution in [2.75, 3.05) is 0 Å². The minimum absolute atomic E-state index is 0.616. The van der Waals surface area contributed by atoms with Crippen molar-refractivity contribution in [3.05, 3.63) is 146 Å². The number of pyridine rings is 1. The molecule has 6 aromatic carbocycles. The zero-order valence-corrected chi connectivity index (χ0v) is 25.4. The van der Waals surface area contributed by atoms with Crippen molar-refractivity contribution in [2.45, 2.75) is 0 Å². The number of aromatic nitrogens is 4. The van der Waals surface area contributed by atoms with Crippen LogP contribution in [-0.4, -0.2) is 19.5 Å². The van der Waals surface area contributed by atoms with Gasteiger partial charge in [0, 0.05) is 53.5 Å². The highest BCUT2D eigenvalue weighted by atomic mass is 32.1. The summed E-state index contributed by atoms with van der Waals surface area (Å²) in [6, 6.07) is 49.3. The first-order chi connectivity index (χ1) is 22.8. The summed E-state index contributed by atoms with van der Waals surface area (Å²) >= 11 is 1.86. The Morgan fingerprint density at radius 2 is 1.13 bits per heavy atom. The van der Waals surface area contributed by atoms with Crippen LogP contribution in [0, 0.1) is 0 Å². The van der Waals surface area contributed by atoms with E-state index in [-0.39, 0.29) is 0 Å². The highest BCUT2D eigenvalue weighted by Crippen LogP contribution is 2.47. The van der Waals surface area contributed by atoms with Crippen LogP contribution in [0.5, 0.6) is 0 Å². The molecule has 0 radical (unpaired) electrons. The monoisotopic (exact) mass is 604 g/mol. The Balaban J connectivity index is 1.32. The van der Waals surface area contributed by atoms with E-state index in [9.17, 15) is 0 Å². The lowest BCUT2D eigenvalue weighted by Crippen LogP contribution is -2.04. The van der Waals surface area contributed by atoms with E-state index in [1.807, 2.05) is 29.7 Å². The molecule has 5 heteroatoms. The van der Waals surface area contributed by atoms with Crippen LogP contribution in [0.2, 0.25) is 0 Å². The van der Waals surface area contributed by atoms with Crippen LogP contribution in [0.4, 0.5) is 0 Å². The predicted octanol–water partition coefficient (Wildman–Crippen LogP) is 11.0. The average Bonchev–Trinajstić information content (AvgIpc) is 3.69. The first-order valence-corrected chi connectivity index (χ1v) is 16.2. The summed E-state index contributed by atoms with van der Waals surface area (Å²) in [6.07, 6.45) is 1.81. The maximum absolute atomic E-state index is 5.36. The van der Waals surface area contributed by atoms with Crippen molar-refractivity contribution in [1.29, 1.82) is 0 Å². The molecule has 0 bridgehead atoms. The normalized spacial score (nSPS) is 11.9. The number of thiophene rings is 1. The molecule has 214 valence electrons. The molecule has 46 heavy (non-hydrogen) atoms. The summed E-state index contributed by atoms with van der Waals surface area (Å²) < 4.78 is 4.84. The Hall–Kier alpha value is -5.91. The molecule has 10 aromatic rings. The Kier molecular flexibility index (Phi) is 5.41. The number of nitrogens with zero attached hydrogens (tertiary/aromatic N) is 4. The summed E-state index contributed by atoms with van der Waals surface area (Å²) in [5.74, 6) is 0.616. The van der Waals surface area contributed by atoms with Gasteiger partial charge in [0.1, 0.15) is 0 Å². The zero-order chi connectivity index (χ0) is 30.2. The van der Waals surface area contributed by atoms with Gasteiger partial charge in [-0.2, -0.15) is 4.98 Å². The first-order valence-electron chi connectivity index (χ1n) is 15.4. The van der Waals surface area contributed by atoms with Crippen molar-refractivity contribution in [2.24, 2.45) is 0 Å². The van der Waals surface area contributed by atoms with Crippen LogP contribution < -0.4 is 0 Å². The Labute approximate surface area is 267 Å². The van der Waals surface area contributed by atoms with Gasteiger partial charge in [-0.05, 0) is 40.8 Å². The third-order valence-electron chi connectivity index (χ3n) is 9.07. The van der Waals surface area contributed by atoms with E-state index < -0.39 is 0 Å². The predicted molar refractivity (Wildman–Crippen MR) is 193 cm³/mol. The van der Waals surface area contributed by atoms with Crippen molar-refractivity contribution >= 4 is 75.1 Å². The van der Waals surface area contributed by atoms with Crippen LogP contribution in [0.1, 0.15) is 0 Å². The molecule has 4 aromatic heterocycles. The lowest BCUT2D eigenvalue weighted by molar-refractivity contribution is 1.01. The van der Waals surface area contributed by atoms with Gasteiger partial charge in [0.25, 0.3) is 0 Å². The summed E-state index contributed by atoms with van der Waals surface area (Å²) in [7, 11) is 0. The van der Waals surface area contributed by atoms with Gasteiger partial charge in [-0.1, -0.05) is 115 Å². The fraction of sp³-hybridized carbons (Fsp3) is 0. The molecular formula is C41H24N4S. The van der Waals surface area contributed by atoms with Gasteiger partial charge in [-0.3, -0.25) is 4.57 Å². The van der Waals surface area contributed by atoms with Crippen LogP contribution in [-0.2, 0) is 0 Å². The number of hydrogen-bond donors (Lipinski definition) is 0. The second-order valence-corrected chi connectivity index (χ2v) is 12.7. The van der Waals surface area contributed by atoms with E-state index in [0.29, 0.717) is 11.6 Å². The van der Waals surface area contributed by atoms with E-state index in [2.05, 4.69) is 132 Å². The average molecular weight is 605 g/mol. The molecular weight excluding hydrogens is 581 g/mol. The molecule has 0 spiro atoms. The molecule has 0 unspecified atom stereocenters. The van der Waals surface area contributed by atoms with E-state index in [1.165, 1.54) is 52.8 Å². The molecule has 0 aliphatic carbocycles. The number of hydrogen-bond acceptors (Lipinski definition) is 4. The van der Waals surface area contributed by atoms with Gasteiger partial charge < -0.3 is 0 Å². The second kappa shape index (κ2) is 9.80. The largest absolute Gasteiger partial charge is 0.277 e. The molecule has 0 atom stereocenters. The molecule has 0 N–H and O–H groups in total. The third-order valence-corrected chi connectivity index (χ3v) is 10.3. The summed E-state index contributed by atoms with van der Waals surface area (Å²) in [4.78, 5) is 15.2. The standard InChI is InChI=1S/C41H24N4S/c1-2-11-25(12-3-1)26-20-22-27(23-21-26)37-32-17-10-24-42-40(32)44-41(43-37)45-33-18-8-6-15-30(33)36-38(45)29-14-5-4-13-28(29)35-31-16-7-9-19-34(31)46-39(35)36/h1-24H. The second-order valence-electron chi connectivity index (χ2n) is 11.6. The van der Waals surface area contributed by atoms with Crippen LogP contribution in [0.3, 0.4) is 0 Å². The molecule has 0 saturated carbocycles. The molecule has 0 saturated heterocycles. The van der Waals surface area contributed by atoms with E-state index in [0.717, 1.165) is 27.7 Å². The van der Waals surface area contributed by atoms with Crippen LogP contribution in [0.25, 0.3) is 92.1 Å². The smallest absolute Gasteiger partial charge is 0.237 e. The van der Waals surface area contributed by atoms with Crippen LogP contribution in [0.15, 0.2) is 146 Å². The van der Waals surface area contributed by atoms with Crippen molar-refractivity contribution in [3.63, 3.8) is 0 Å². The SMILES string of the molecule is c1ccc(-c2ccc(-c3nc(-n4c5ccccc5c5c6sc7ccccc7c6c6ccccc6c54)nc4ncccc34)cc2)cc1.